The summed E-state index contributed by atoms with van der Waals surface area (Å²) in [4.78, 5) is 0. The highest BCUT2D eigenvalue weighted by Gasteiger charge is 2.18. The lowest BCUT2D eigenvalue weighted by atomic mass is 10.1. The summed E-state index contributed by atoms with van der Waals surface area (Å²) in [5.41, 5.74) is 3.29. The molecule has 1 saturated heterocycles. The molecule has 3 rings (SSSR count). The van der Waals surface area contributed by atoms with Crippen LogP contribution in [0.15, 0.2) is 30.3 Å². The number of hydrogen-bond donors (Lipinski definition) is 2. The molecule has 1 aromatic carbocycles. The summed E-state index contributed by atoms with van der Waals surface area (Å²) in [5, 5.41) is 11.0. The number of ether oxygens (including phenoxy) is 1. The summed E-state index contributed by atoms with van der Waals surface area (Å²) in [6, 6.07) is 10.6. The van der Waals surface area contributed by atoms with Crippen molar-refractivity contribution in [1.82, 2.24) is 15.5 Å². The van der Waals surface area contributed by atoms with Crippen LogP contribution in [0.4, 0.5) is 0 Å². The van der Waals surface area contributed by atoms with Crippen LogP contribution in [0.1, 0.15) is 31.5 Å². The Hall–Kier alpha value is -1.81. The summed E-state index contributed by atoms with van der Waals surface area (Å²) in [6.07, 6.45) is 2.42. The van der Waals surface area contributed by atoms with Gasteiger partial charge < -0.3 is 10.1 Å². The second kappa shape index (κ2) is 5.45. The van der Waals surface area contributed by atoms with Crippen LogP contribution in [0.5, 0.6) is 5.75 Å². The Labute approximate surface area is 113 Å². The average molecular weight is 257 g/mol. The Morgan fingerprint density at radius 3 is 2.84 bits per heavy atom. The zero-order chi connectivity index (χ0) is 13.1. The number of aromatic amines is 1. The van der Waals surface area contributed by atoms with E-state index < -0.39 is 0 Å². The van der Waals surface area contributed by atoms with Gasteiger partial charge in [0.2, 0.25) is 0 Å². The second-order valence-electron chi connectivity index (χ2n) is 4.81. The van der Waals surface area contributed by atoms with Crippen molar-refractivity contribution in [3.63, 3.8) is 0 Å². The second-order valence-corrected chi connectivity index (χ2v) is 4.81. The lowest BCUT2D eigenvalue weighted by molar-refractivity contribution is 0.340. The molecular weight excluding hydrogens is 238 g/mol. The molecule has 1 unspecified atom stereocenters. The minimum Gasteiger partial charge on any atom is -0.494 e. The molecule has 1 aliphatic rings. The van der Waals surface area contributed by atoms with E-state index in [9.17, 15) is 0 Å². The third-order valence-electron chi connectivity index (χ3n) is 3.49. The van der Waals surface area contributed by atoms with E-state index in [0.717, 1.165) is 23.6 Å². The van der Waals surface area contributed by atoms with E-state index in [2.05, 4.69) is 21.6 Å². The predicted molar refractivity (Wildman–Crippen MR) is 75.2 cm³/mol. The number of hydrogen-bond acceptors (Lipinski definition) is 3. The van der Waals surface area contributed by atoms with Crippen LogP contribution in [-0.4, -0.2) is 23.3 Å². The SMILES string of the molecule is CCOc1ccc(-c2cc(C3CCCN3)[nH]n2)cc1. The molecule has 2 heterocycles. The first kappa shape index (κ1) is 12.2. The van der Waals surface area contributed by atoms with Crippen molar-refractivity contribution in [2.75, 3.05) is 13.2 Å². The maximum Gasteiger partial charge on any atom is 0.119 e. The van der Waals surface area contributed by atoms with Gasteiger partial charge in [-0.3, -0.25) is 5.10 Å². The minimum atomic E-state index is 0.434. The van der Waals surface area contributed by atoms with Gasteiger partial charge in [0, 0.05) is 11.6 Å². The molecule has 0 spiro atoms. The number of nitrogens with one attached hydrogen (secondary N) is 2. The summed E-state index contributed by atoms with van der Waals surface area (Å²) in [7, 11) is 0. The fourth-order valence-electron chi connectivity index (χ4n) is 2.50. The minimum absolute atomic E-state index is 0.434. The highest BCUT2D eigenvalue weighted by atomic mass is 16.5. The Morgan fingerprint density at radius 2 is 2.16 bits per heavy atom. The number of benzene rings is 1. The van der Waals surface area contributed by atoms with Gasteiger partial charge in [-0.25, -0.2) is 0 Å². The van der Waals surface area contributed by atoms with Crippen LogP contribution in [0.2, 0.25) is 0 Å². The zero-order valence-corrected chi connectivity index (χ0v) is 11.1. The molecule has 1 fully saturated rings. The van der Waals surface area contributed by atoms with Gasteiger partial charge in [-0.05, 0) is 56.6 Å². The fourth-order valence-corrected chi connectivity index (χ4v) is 2.50. The molecule has 1 aliphatic heterocycles. The lowest BCUT2D eigenvalue weighted by Crippen LogP contribution is -2.12. The summed E-state index contributed by atoms with van der Waals surface area (Å²) >= 11 is 0. The fraction of sp³-hybridized carbons (Fsp3) is 0.400. The van der Waals surface area contributed by atoms with Crippen LogP contribution in [0.25, 0.3) is 11.3 Å². The van der Waals surface area contributed by atoms with Crippen LogP contribution in [0.3, 0.4) is 0 Å². The number of aromatic nitrogens is 2. The van der Waals surface area contributed by atoms with E-state index >= 15 is 0 Å². The van der Waals surface area contributed by atoms with Gasteiger partial charge in [0.1, 0.15) is 5.75 Å². The maximum absolute atomic E-state index is 5.44. The average Bonchev–Trinajstić information content (AvgIpc) is 3.11. The highest BCUT2D eigenvalue weighted by molar-refractivity contribution is 5.60. The Morgan fingerprint density at radius 1 is 1.32 bits per heavy atom. The van der Waals surface area contributed by atoms with Crippen molar-refractivity contribution in [3.05, 3.63) is 36.0 Å². The first-order chi connectivity index (χ1) is 9.36. The maximum atomic E-state index is 5.44. The van der Waals surface area contributed by atoms with E-state index in [-0.39, 0.29) is 0 Å². The van der Waals surface area contributed by atoms with Crippen LogP contribution in [-0.2, 0) is 0 Å². The topological polar surface area (TPSA) is 49.9 Å². The van der Waals surface area contributed by atoms with Gasteiger partial charge in [-0.15, -0.1) is 0 Å². The molecule has 0 bridgehead atoms. The third-order valence-corrected chi connectivity index (χ3v) is 3.49. The van der Waals surface area contributed by atoms with Crippen molar-refractivity contribution in [1.29, 1.82) is 0 Å². The van der Waals surface area contributed by atoms with Gasteiger partial charge in [0.25, 0.3) is 0 Å². The Bertz CT molecular complexity index is 527. The zero-order valence-electron chi connectivity index (χ0n) is 11.1. The molecule has 2 aromatic rings. The van der Waals surface area contributed by atoms with Crippen LogP contribution >= 0.6 is 0 Å². The van der Waals surface area contributed by atoms with Crippen LogP contribution < -0.4 is 10.1 Å². The van der Waals surface area contributed by atoms with Gasteiger partial charge in [-0.2, -0.15) is 5.10 Å². The van der Waals surface area contributed by atoms with E-state index in [4.69, 9.17) is 4.74 Å². The van der Waals surface area contributed by atoms with Crippen molar-refractivity contribution >= 4 is 0 Å². The summed E-state index contributed by atoms with van der Waals surface area (Å²) in [5.74, 6) is 0.902. The van der Waals surface area contributed by atoms with E-state index in [1.165, 1.54) is 18.5 Å². The molecule has 19 heavy (non-hydrogen) atoms. The number of rotatable bonds is 4. The summed E-state index contributed by atoms with van der Waals surface area (Å²) < 4.78 is 5.44. The van der Waals surface area contributed by atoms with E-state index in [1.54, 1.807) is 0 Å². The quantitative estimate of drug-likeness (QED) is 0.885. The molecule has 1 aromatic heterocycles. The van der Waals surface area contributed by atoms with Crippen molar-refractivity contribution in [2.45, 2.75) is 25.8 Å². The molecule has 0 amide bonds. The molecule has 0 saturated carbocycles. The van der Waals surface area contributed by atoms with Gasteiger partial charge in [-0.1, -0.05) is 0 Å². The standard InChI is InChI=1S/C15H19N3O/c1-2-19-12-7-5-11(6-8-12)14-10-15(18-17-14)13-4-3-9-16-13/h5-8,10,13,16H,2-4,9H2,1H3,(H,17,18). The molecule has 1 atom stereocenters. The molecule has 4 heteroatoms. The van der Waals surface area contributed by atoms with Crippen molar-refractivity contribution < 1.29 is 4.74 Å². The number of nitrogens with zero attached hydrogens (tertiary/aromatic N) is 1. The number of H-pyrrole nitrogens is 1. The largest absolute Gasteiger partial charge is 0.494 e. The molecule has 2 N–H and O–H groups in total. The van der Waals surface area contributed by atoms with Crippen molar-refractivity contribution in [2.24, 2.45) is 0 Å². The van der Waals surface area contributed by atoms with Gasteiger partial charge >= 0.3 is 0 Å². The monoisotopic (exact) mass is 257 g/mol. The predicted octanol–water partition coefficient (Wildman–Crippen LogP) is 2.90. The van der Waals surface area contributed by atoms with E-state index in [1.807, 2.05) is 31.2 Å². The molecule has 0 radical (unpaired) electrons. The van der Waals surface area contributed by atoms with Crippen molar-refractivity contribution in [3.8, 4) is 17.0 Å². The lowest BCUT2D eigenvalue weighted by Gasteiger charge is -2.05. The molecule has 0 aliphatic carbocycles. The van der Waals surface area contributed by atoms with Gasteiger partial charge in [0.15, 0.2) is 0 Å². The van der Waals surface area contributed by atoms with E-state index in [0.29, 0.717) is 12.6 Å². The highest BCUT2D eigenvalue weighted by Crippen LogP contribution is 2.26. The van der Waals surface area contributed by atoms with Gasteiger partial charge in [0.05, 0.1) is 18.0 Å². The smallest absolute Gasteiger partial charge is 0.119 e. The molecule has 100 valence electrons. The molecular formula is C15H19N3O. The van der Waals surface area contributed by atoms with Crippen LogP contribution in [0, 0.1) is 0 Å². The first-order valence-electron chi connectivity index (χ1n) is 6.88. The Balaban J connectivity index is 1.77. The Kier molecular flexibility index (Phi) is 3.51. The molecule has 4 nitrogen and oxygen atoms in total. The first-order valence-corrected chi connectivity index (χ1v) is 6.88. The summed E-state index contributed by atoms with van der Waals surface area (Å²) in [6.45, 7) is 3.78. The normalized spacial score (nSPS) is 18.7. The third kappa shape index (κ3) is 2.63.